The van der Waals surface area contributed by atoms with Crippen molar-refractivity contribution in [3.63, 3.8) is 0 Å². The lowest BCUT2D eigenvalue weighted by atomic mass is 9.94. The average Bonchev–Trinajstić information content (AvgIpc) is 3.03. The van der Waals surface area contributed by atoms with Crippen molar-refractivity contribution >= 4 is 17.5 Å². The Morgan fingerprint density at radius 1 is 1.38 bits per heavy atom. The summed E-state index contributed by atoms with van der Waals surface area (Å²) in [6, 6.07) is 8.02. The Hall–Kier alpha value is -2.02. The summed E-state index contributed by atoms with van der Waals surface area (Å²) in [5.74, 6) is -0.252. The van der Waals surface area contributed by atoms with Crippen LogP contribution in [0.2, 0.25) is 5.02 Å². The standard InChI is InChI=1S/C17H18ClFN4O/c1-23(17(24)14-6-7-20-9-15(14)18)10-12-8-21-22-16(12)11-2-4-13(19)5-3-11/h2-7,9,12,16,21-22H,8,10H2,1H3. The lowest BCUT2D eigenvalue weighted by Crippen LogP contribution is -2.34. The number of hydrogen-bond acceptors (Lipinski definition) is 4. The van der Waals surface area contributed by atoms with Crippen LogP contribution in [0.1, 0.15) is 22.0 Å². The van der Waals surface area contributed by atoms with Crippen LogP contribution in [0.5, 0.6) is 0 Å². The van der Waals surface area contributed by atoms with Crippen molar-refractivity contribution in [1.29, 1.82) is 0 Å². The van der Waals surface area contributed by atoms with E-state index < -0.39 is 0 Å². The number of halogens is 2. The van der Waals surface area contributed by atoms with Gasteiger partial charge in [-0.05, 0) is 23.8 Å². The quantitative estimate of drug-likeness (QED) is 0.891. The molecule has 7 heteroatoms. The van der Waals surface area contributed by atoms with Gasteiger partial charge in [0.25, 0.3) is 5.91 Å². The maximum atomic E-state index is 13.1. The maximum absolute atomic E-state index is 13.1. The highest BCUT2D eigenvalue weighted by Crippen LogP contribution is 2.26. The van der Waals surface area contributed by atoms with Crippen LogP contribution in [0.15, 0.2) is 42.7 Å². The molecule has 2 aromatic rings. The summed E-state index contributed by atoms with van der Waals surface area (Å²) in [6.07, 6.45) is 3.01. The Morgan fingerprint density at radius 2 is 2.12 bits per heavy atom. The van der Waals surface area contributed by atoms with Gasteiger partial charge in [-0.25, -0.2) is 9.82 Å². The fourth-order valence-corrected chi connectivity index (χ4v) is 3.12. The van der Waals surface area contributed by atoms with E-state index in [1.54, 1.807) is 36.3 Å². The van der Waals surface area contributed by atoms with Gasteiger partial charge in [-0.1, -0.05) is 23.7 Å². The molecular formula is C17H18ClFN4O. The number of hydrazine groups is 1. The summed E-state index contributed by atoms with van der Waals surface area (Å²) in [5, 5.41) is 0.340. The number of benzene rings is 1. The first-order chi connectivity index (χ1) is 11.6. The SMILES string of the molecule is CN(CC1CNNC1c1ccc(F)cc1)C(=O)c1ccncc1Cl. The molecule has 2 unspecified atom stereocenters. The van der Waals surface area contributed by atoms with E-state index in [1.165, 1.54) is 18.3 Å². The molecule has 2 heterocycles. The summed E-state index contributed by atoms with van der Waals surface area (Å²) in [7, 11) is 1.75. The number of aromatic nitrogens is 1. The largest absolute Gasteiger partial charge is 0.341 e. The predicted octanol–water partition coefficient (Wildman–Crippen LogP) is 2.41. The molecule has 0 aliphatic carbocycles. The zero-order valence-corrected chi connectivity index (χ0v) is 13.9. The van der Waals surface area contributed by atoms with Gasteiger partial charge in [-0.15, -0.1) is 0 Å². The van der Waals surface area contributed by atoms with Crippen molar-refractivity contribution < 1.29 is 9.18 Å². The third kappa shape index (κ3) is 3.56. The van der Waals surface area contributed by atoms with Crippen molar-refractivity contribution in [2.24, 2.45) is 5.92 Å². The van der Waals surface area contributed by atoms with Gasteiger partial charge in [0.1, 0.15) is 5.82 Å². The second-order valence-corrected chi connectivity index (χ2v) is 6.26. The monoisotopic (exact) mass is 348 g/mol. The molecule has 1 amide bonds. The number of amides is 1. The molecule has 1 aliphatic rings. The third-order valence-corrected chi connectivity index (χ3v) is 4.48. The van der Waals surface area contributed by atoms with Gasteiger partial charge in [-0.2, -0.15) is 0 Å². The molecule has 24 heavy (non-hydrogen) atoms. The summed E-state index contributed by atoms with van der Waals surface area (Å²) >= 11 is 6.05. The molecule has 0 saturated carbocycles. The maximum Gasteiger partial charge on any atom is 0.255 e. The molecule has 0 radical (unpaired) electrons. The molecule has 2 N–H and O–H groups in total. The van der Waals surface area contributed by atoms with Crippen LogP contribution in [0.25, 0.3) is 0 Å². The molecule has 1 aromatic heterocycles. The summed E-state index contributed by atoms with van der Waals surface area (Å²) < 4.78 is 13.1. The smallest absolute Gasteiger partial charge is 0.255 e. The minimum Gasteiger partial charge on any atom is -0.341 e. The van der Waals surface area contributed by atoms with Crippen LogP contribution in [0, 0.1) is 11.7 Å². The molecule has 1 aromatic carbocycles. The van der Waals surface area contributed by atoms with Crippen LogP contribution in [-0.4, -0.2) is 35.9 Å². The fraction of sp³-hybridized carbons (Fsp3) is 0.294. The Kier molecular flexibility index (Phi) is 5.08. The minimum absolute atomic E-state index is 0.00811. The molecule has 126 valence electrons. The van der Waals surface area contributed by atoms with Gasteiger partial charge in [0.05, 0.1) is 16.6 Å². The second kappa shape index (κ2) is 7.25. The summed E-state index contributed by atoms with van der Waals surface area (Å²) in [6.45, 7) is 1.25. The van der Waals surface area contributed by atoms with Gasteiger partial charge in [0.2, 0.25) is 0 Å². The van der Waals surface area contributed by atoms with Crippen molar-refractivity contribution in [3.05, 3.63) is 64.7 Å². The van der Waals surface area contributed by atoms with Gasteiger partial charge < -0.3 is 4.90 Å². The van der Waals surface area contributed by atoms with E-state index in [9.17, 15) is 9.18 Å². The molecule has 3 rings (SSSR count). The van der Waals surface area contributed by atoms with Crippen LogP contribution in [0.4, 0.5) is 4.39 Å². The van der Waals surface area contributed by atoms with Crippen LogP contribution in [0.3, 0.4) is 0 Å². The first-order valence-corrected chi connectivity index (χ1v) is 8.03. The van der Waals surface area contributed by atoms with E-state index in [0.717, 1.165) is 5.56 Å². The highest BCUT2D eigenvalue weighted by Gasteiger charge is 2.30. The summed E-state index contributed by atoms with van der Waals surface area (Å²) in [4.78, 5) is 18.1. The minimum atomic E-state index is -0.263. The lowest BCUT2D eigenvalue weighted by molar-refractivity contribution is 0.0771. The van der Waals surface area contributed by atoms with Crippen molar-refractivity contribution in [2.45, 2.75) is 6.04 Å². The Morgan fingerprint density at radius 3 is 2.83 bits per heavy atom. The van der Waals surface area contributed by atoms with Gasteiger partial charge in [0.15, 0.2) is 0 Å². The zero-order chi connectivity index (χ0) is 17.1. The number of pyridine rings is 1. The van der Waals surface area contributed by atoms with E-state index in [0.29, 0.717) is 23.7 Å². The highest BCUT2D eigenvalue weighted by molar-refractivity contribution is 6.33. The topological polar surface area (TPSA) is 57.3 Å². The lowest BCUT2D eigenvalue weighted by Gasteiger charge is -2.25. The highest BCUT2D eigenvalue weighted by atomic mass is 35.5. The Bertz CT molecular complexity index is 725. The average molecular weight is 349 g/mol. The number of carbonyl (C=O) groups excluding carboxylic acids is 1. The number of nitrogens with zero attached hydrogens (tertiary/aromatic N) is 2. The molecular weight excluding hydrogens is 331 g/mol. The first kappa shape index (κ1) is 16.8. The van der Waals surface area contributed by atoms with E-state index in [1.807, 2.05) is 0 Å². The molecule has 0 spiro atoms. The molecule has 1 fully saturated rings. The molecule has 5 nitrogen and oxygen atoms in total. The van der Waals surface area contributed by atoms with Crippen LogP contribution < -0.4 is 10.9 Å². The normalized spacial score (nSPS) is 20.1. The zero-order valence-electron chi connectivity index (χ0n) is 13.2. The van der Waals surface area contributed by atoms with Crippen molar-refractivity contribution in [1.82, 2.24) is 20.7 Å². The number of nitrogens with one attached hydrogen (secondary N) is 2. The van der Waals surface area contributed by atoms with Crippen LogP contribution >= 0.6 is 11.6 Å². The fourth-order valence-electron chi connectivity index (χ4n) is 2.92. The molecule has 1 aliphatic heterocycles. The van der Waals surface area contributed by atoms with E-state index in [4.69, 9.17) is 11.6 Å². The van der Waals surface area contributed by atoms with Gasteiger partial charge in [0, 0.05) is 38.4 Å². The molecule has 0 bridgehead atoms. The van der Waals surface area contributed by atoms with E-state index in [-0.39, 0.29) is 23.7 Å². The third-order valence-electron chi connectivity index (χ3n) is 4.18. The molecule has 2 atom stereocenters. The summed E-state index contributed by atoms with van der Waals surface area (Å²) in [5.41, 5.74) is 7.72. The Balaban J connectivity index is 1.71. The Labute approximate surface area is 144 Å². The van der Waals surface area contributed by atoms with E-state index >= 15 is 0 Å². The number of hydrogen-bond donors (Lipinski definition) is 2. The van der Waals surface area contributed by atoms with E-state index in [2.05, 4.69) is 15.8 Å². The molecule has 1 saturated heterocycles. The van der Waals surface area contributed by atoms with Crippen LogP contribution in [-0.2, 0) is 0 Å². The van der Waals surface area contributed by atoms with Crippen molar-refractivity contribution in [3.8, 4) is 0 Å². The first-order valence-electron chi connectivity index (χ1n) is 7.65. The number of carbonyl (C=O) groups is 1. The van der Waals surface area contributed by atoms with Gasteiger partial charge in [-0.3, -0.25) is 15.2 Å². The number of rotatable bonds is 4. The van der Waals surface area contributed by atoms with Crippen molar-refractivity contribution in [2.75, 3.05) is 20.1 Å². The predicted molar refractivity (Wildman–Crippen MR) is 90.0 cm³/mol. The van der Waals surface area contributed by atoms with Gasteiger partial charge >= 0.3 is 0 Å². The second-order valence-electron chi connectivity index (χ2n) is 5.86.